The molecule has 0 atom stereocenters. The molecule has 0 aliphatic carbocycles. The number of aryl methyl sites for hydroxylation is 1. The van der Waals surface area contributed by atoms with Crippen LogP contribution >= 0.6 is 0 Å². The van der Waals surface area contributed by atoms with Crippen LogP contribution in [-0.4, -0.2) is 27.3 Å². The Morgan fingerprint density at radius 3 is 3.00 bits per heavy atom. The SMILES string of the molecule is Cc1nc2ccccn2c1C(=O)OCc1cc(-c2ccc3c(c2)OCO3)on1. The van der Waals surface area contributed by atoms with Crippen LogP contribution in [0.2, 0.25) is 0 Å². The molecule has 0 N–H and O–H groups in total. The summed E-state index contributed by atoms with van der Waals surface area (Å²) in [4.78, 5) is 16.9. The number of imidazole rings is 1. The first-order valence-electron chi connectivity index (χ1n) is 8.65. The van der Waals surface area contributed by atoms with Crippen molar-refractivity contribution in [1.29, 1.82) is 0 Å². The van der Waals surface area contributed by atoms with Gasteiger partial charge in [0.25, 0.3) is 0 Å². The van der Waals surface area contributed by atoms with Crippen molar-refractivity contribution < 1.29 is 23.5 Å². The molecule has 28 heavy (non-hydrogen) atoms. The van der Waals surface area contributed by atoms with Crippen molar-refractivity contribution in [2.24, 2.45) is 0 Å². The zero-order valence-electron chi connectivity index (χ0n) is 14.9. The molecule has 0 fully saturated rings. The van der Waals surface area contributed by atoms with E-state index in [0.29, 0.717) is 40.0 Å². The molecular weight excluding hydrogens is 362 g/mol. The fourth-order valence-electron chi connectivity index (χ4n) is 3.13. The summed E-state index contributed by atoms with van der Waals surface area (Å²) in [6.07, 6.45) is 1.78. The van der Waals surface area contributed by atoms with E-state index in [1.54, 1.807) is 23.6 Å². The number of carbonyl (C=O) groups excluding carboxylic acids is 1. The molecule has 4 aromatic rings. The molecule has 0 amide bonds. The Balaban J connectivity index is 1.32. The second-order valence-electron chi connectivity index (χ2n) is 6.30. The first-order valence-corrected chi connectivity index (χ1v) is 8.65. The maximum absolute atomic E-state index is 12.5. The van der Waals surface area contributed by atoms with E-state index < -0.39 is 5.97 Å². The molecule has 0 saturated carbocycles. The molecule has 1 aromatic carbocycles. The van der Waals surface area contributed by atoms with Gasteiger partial charge in [-0.3, -0.25) is 4.40 Å². The minimum atomic E-state index is -0.469. The number of ether oxygens (including phenoxy) is 3. The molecule has 4 heterocycles. The van der Waals surface area contributed by atoms with Crippen molar-refractivity contribution in [2.75, 3.05) is 6.79 Å². The third-order valence-corrected chi connectivity index (χ3v) is 4.46. The van der Waals surface area contributed by atoms with E-state index in [0.717, 1.165) is 5.56 Å². The van der Waals surface area contributed by atoms with Gasteiger partial charge >= 0.3 is 5.97 Å². The van der Waals surface area contributed by atoms with E-state index in [1.807, 2.05) is 36.4 Å². The van der Waals surface area contributed by atoms with Crippen molar-refractivity contribution >= 4 is 11.6 Å². The van der Waals surface area contributed by atoms with Crippen LogP contribution in [0, 0.1) is 6.92 Å². The van der Waals surface area contributed by atoms with Gasteiger partial charge in [0.2, 0.25) is 6.79 Å². The number of carbonyl (C=O) groups is 1. The van der Waals surface area contributed by atoms with Crippen molar-refractivity contribution in [3.05, 3.63) is 65.7 Å². The fraction of sp³-hybridized carbons (Fsp3) is 0.150. The van der Waals surface area contributed by atoms with Gasteiger partial charge in [-0.15, -0.1) is 0 Å². The molecule has 8 nitrogen and oxygen atoms in total. The number of esters is 1. The highest BCUT2D eigenvalue weighted by atomic mass is 16.7. The highest BCUT2D eigenvalue weighted by Gasteiger charge is 2.19. The monoisotopic (exact) mass is 377 g/mol. The first-order chi connectivity index (χ1) is 13.7. The normalized spacial score (nSPS) is 12.5. The summed E-state index contributed by atoms with van der Waals surface area (Å²) >= 11 is 0. The third-order valence-electron chi connectivity index (χ3n) is 4.46. The van der Waals surface area contributed by atoms with E-state index in [4.69, 9.17) is 18.7 Å². The van der Waals surface area contributed by atoms with Gasteiger partial charge in [0, 0.05) is 17.8 Å². The first kappa shape index (κ1) is 16.4. The van der Waals surface area contributed by atoms with Crippen molar-refractivity contribution in [3.63, 3.8) is 0 Å². The lowest BCUT2D eigenvalue weighted by atomic mass is 10.1. The molecule has 1 aliphatic rings. The van der Waals surface area contributed by atoms with E-state index in [1.165, 1.54) is 0 Å². The van der Waals surface area contributed by atoms with Crippen molar-refractivity contribution in [1.82, 2.24) is 14.5 Å². The average Bonchev–Trinajstić information content (AvgIpc) is 3.42. The quantitative estimate of drug-likeness (QED) is 0.504. The Kier molecular flexibility index (Phi) is 3.75. The zero-order chi connectivity index (χ0) is 19.1. The van der Waals surface area contributed by atoms with Gasteiger partial charge < -0.3 is 18.7 Å². The Bertz CT molecular complexity index is 1190. The minimum Gasteiger partial charge on any atom is -0.454 e. The third kappa shape index (κ3) is 2.75. The maximum atomic E-state index is 12.5. The minimum absolute atomic E-state index is 0.00755. The highest BCUT2D eigenvalue weighted by Crippen LogP contribution is 2.36. The number of nitrogens with zero attached hydrogens (tertiary/aromatic N) is 3. The molecule has 0 spiro atoms. The summed E-state index contributed by atoms with van der Waals surface area (Å²) in [5, 5.41) is 3.98. The van der Waals surface area contributed by atoms with Gasteiger partial charge in [0.1, 0.15) is 17.9 Å². The van der Waals surface area contributed by atoms with Gasteiger partial charge in [0.05, 0.1) is 5.69 Å². The molecule has 0 radical (unpaired) electrons. The Labute approximate surface area is 159 Å². The van der Waals surface area contributed by atoms with Crippen LogP contribution in [0.25, 0.3) is 17.0 Å². The van der Waals surface area contributed by atoms with Crippen LogP contribution in [0.15, 0.2) is 53.2 Å². The van der Waals surface area contributed by atoms with E-state index >= 15 is 0 Å². The van der Waals surface area contributed by atoms with Crippen LogP contribution in [0.1, 0.15) is 21.9 Å². The molecule has 1 aliphatic heterocycles. The smallest absolute Gasteiger partial charge is 0.357 e. The molecule has 3 aromatic heterocycles. The van der Waals surface area contributed by atoms with E-state index in [2.05, 4.69) is 10.1 Å². The topological polar surface area (TPSA) is 88.1 Å². The van der Waals surface area contributed by atoms with Crippen LogP contribution in [0.4, 0.5) is 0 Å². The van der Waals surface area contributed by atoms with Crippen LogP contribution < -0.4 is 9.47 Å². The average molecular weight is 377 g/mol. The Hall–Kier alpha value is -3.81. The van der Waals surface area contributed by atoms with E-state index in [-0.39, 0.29) is 13.4 Å². The lowest BCUT2D eigenvalue weighted by Gasteiger charge is -2.03. The van der Waals surface area contributed by atoms with Crippen molar-refractivity contribution in [3.8, 4) is 22.8 Å². The molecule has 0 bridgehead atoms. The summed E-state index contributed by atoms with van der Waals surface area (Å²) < 4.78 is 23.2. The van der Waals surface area contributed by atoms with Gasteiger partial charge in [-0.2, -0.15) is 0 Å². The lowest BCUT2D eigenvalue weighted by molar-refractivity contribution is 0.0455. The van der Waals surface area contributed by atoms with Crippen LogP contribution in [0.5, 0.6) is 11.5 Å². The van der Waals surface area contributed by atoms with Gasteiger partial charge in [0.15, 0.2) is 23.0 Å². The second kappa shape index (κ2) is 6.41. The predicted octanol–water partition coefficient (Wildman–Crippen LogP) is 3.38. The number of rotatable bonds is 4. The predicted molar refractivity (Wildman–Crippen MR) is 97.1 cm³/mol. The summed E-state index contributed by atoms with van der Waals surface area (Å²) in [7, 11) is 0. The summed E-state index contributed by atoms with van der Waals surface area (Å²) in [5.74, 6) is 1.44. The number of benzene rings is 1. The zero-order valence-corrected chi connectivity index (χ0v) is 14.9. The van der Waals surface area contributed by atoms with Crippen LogP contribution in [-0.2, 0) is 11.3 Å². The van der Waals surface area contributed by atoms with Gasteiger partial charge in [-0.1, -0.05) is 11.2 Å². The number of fused-ring (bicyclic) bond motifs is 2. The van der Waals surface area contributed by atoms with Gasteiger partial charge in [-0.05, 0) is 37.3 Å². The van der Waals surface area contributed by atoms with Crippen molar-refractivity contribution in [2.45, 2.75) is 13.5 Å². The fourth-order valence-corrected chi connectivity index (χ4v) is 3.13. The summed E-state index contributed by atoms with van der Waals surface area (Å²) in [6.45, 7) is 1.98. The summed E-state index contributed by atoms with van der Waals surface area (Å²) in [5.41, 5.74) is 3.01. The van der Waals surface area contributed by atoms with Crippen LogP contribution in [0.3, 0.4) is 0 Å². The maximum Gasteiger partial charge on any atom is 0.357 e. The molecule has 0 saturated heterocycles. The second-order valence-corrected chi connectivity index (χ2v) is 6.30. The number of aromatic nitrogens is 3. The molecule has 8 heteroatoms. The van der Waals surface area contributed by atoms with Gasteiger partial charge in [-0.25, -0.2) is 9.78 Å². The lowest BCUT2D eigenvalue weighted by Crippen LogP contribution is -2.09. The highest BCUT2D eigenvalue weighted by molar-refractivity contribution is 5.90. The molecule has 0 unspecified atom stereocenters. The molecule has 140 valence electrons. The molecular formula is C20H15N3O5. The number of hydrogen-bond acceptors (Lipinski definition) is 7. The molecule has 5 rings (SSSR count). The standard InChI is InChI=1S/C20H15N3O5/c1-12-19(23-7-3-2-4-18(23)21-12)20(24)25-10-14-9-16(28-22-14)13-5-6-15-17(8-13)27-11-26-15/h2-9H,10-11H2,1H3. The largest absolute Gasteiger partial charge is 0.454 e. The Morgan fingerprint density at radius 1 is 1.18 bits per heavy atom. The number of hydrogen-bond donors (Lipinski definition) is 0. The van der Waals surface area contributed by atoms with E-state index in [9.17, 15) is 4.79 Å². The summed E-state index contributed by atoms with van der Waals surface area (Å²) in [6, 6.07) is 12.7. The number of pyridine rings is 1. The Morgan fingerprint density at radius 2 is 2.07 bits per heavy atom.